The molecule has 0 spiro atoms. The van der Waals surface area contributed by atoms with E-state index in [0.29, 0.717) is 6.10 Å². The largest absolute Gasteiger partial charge is 0.502 e. The van der Waals surface area contributed by atoms with E-state index in [9.17, 15) is 0 Å². The normalized spacial score (nSPS) is 23.2. The van der Waals surface area contributed by atoms with Gasteiger partial charge in [0.05, 0.1) is 31.7 Å². The summed E-state index contributed by atoms with van der Waals surface area (Å²) >= 11 is 0. The SMILES string of the molecule is C=COCCCCC(CCCCCC)(OCC1CO1)C1CCCCC1. The van der Waals surface area contributed by atoms with Crippen LogP contribution in [0.5, 0.6) is 0 Å². The van der Waals surface area contributed by atoms with Crippen LogP contribution < -0.4 is 0 Å². The Kier molecular flexibility index (Phi) is 9.93. The van der Waals surface area contributed by atoms with Crippen LogP contribution in [0.15, 0.2) is 12.8 Å². The highest BCUT2D eigenvalue weighted by molar-refractivity contribution is 4.91. The quantitative estimate of drug-likeness (QED) is 0.205. The Bertz CT molecular complexity index is 347. The molecule has 2 atom stereocenters. The highest BCUT2D eigenvalue weighted by atomic mass is 16.6. The number of rotatable bonds is 15. The van der Waals surface area contributed by atoms with Gasteiger partial charge in [0.2, 0.25) is 0 Å². The van der Waals surface area contributed by atoms with Crippen LogP contribution in [0.2, 0.25) is 0 Å². The molecule has 0 amide bonds. The van der Waals surface area contributed by atoms with E-state index in [-0.39, 0.29) is 5.60 Å². The number of hydrogen-bond acceptors (Lipinski definition) is 3. The fourth-order valence-corrected chi connectivity index (χ4v) is 4.39. The van der Waals surface area contributed by atoms with E-state index in [0.717, 1.165) is 32.2 Å². The predicted octanol–water partition coefficient (Wildman–Crippen LogP) is 6.02. The molecule has 0 bridgehead atoms. The van der Waals surface area contributed by atoms with E-state index in [1.807, 2.05) is 0 Å². The van der Waals surface area contributed by atoms with Crippen molar-refractivity contribution in [3.63, 3.8) is 0 Å². The Morgan fingerprint density at radius 2 is 1.76 bits per heavy atom. The molecule has 0 radical (unpaired) electrons. The van der Waals surface area contributed by atoms with Crippen molar-refractivity contribution in [2.24, 2.45) is 5.92 Å². The van der Waals surface area contributed by atoms with Gasteiger partial charge in [0.15, 0.2) is 0 Å². The maximum absolute atomic E-state index is 6.69. The molecule has 3 heteroatoms. The van der Waals surface area contributed by atoms with E-state index in [1.54, 1.807) is 6.26 Å². The highest BCUT2D eigenvalue weighted by Crippen LogP contribution is 2.42. The summed E-state index contributed by atoms with van der Waals surface area (Å²) in [5.41, 5.74) is 0.0777. The maximum Gasteiger partial charge on any atom is 0.104 e. The highest BCUT2D eigenvalue weighted by Gasteiger charge is 2.40. The monoisotopic (exact) mass is 352 g/mol. The fourth-order valence-electron chi connectivity index (χ4n) is 4.39. The van der Waals surface area contributed by atoms with Gasteiger partial charge in [0.1, 0.15) is 6.10 Å². The van der Waals surface area contributed by atoms with Crippen molar-refractivity contribution < 1.29 is 14.2 Å². The molecule has 2 fully saturated rings. The third-order valence-electron chi connectivity index (χ3n) is 5.99. The van der Waals surface area contributed by atoms with Crippen LogP contribution in [0, 0.1) is 5.92 Å². The van der Waals surface area contributed by atoms with Crippen molar-refractivity contribution in [1.29, 1.82) is 0 Å². The molecular formula is C22H40O3. The van der Waals surface area contributed by atoms with Crippen LogP contribution in [0.4, 0.5) is 0 Å². The lowest BCUT2D eigenvalue weighted by Gasteiger charge is -2.43. The lowest BCUT2D eigenvalue weighted by molar-refractivity contribution is -0.114. The molecule has 0 aromatic heterocycles. The van der Waals surface area contributed by atoms with Crippen molar-refractivity contribution in [2.45, 2.75) is 102 Å². The average Bonchev–Trinajstić information content (AvgIpc) is 3.48. The van der Waals surface area contributed by atoms with Crippen LogP contribution in [0.25, 0.3) is 0 Å². The summed E-state index contributed by atoms with van der Waals surface area (Å²) in [7, 11) is 0. The van der Waals surface area contributed by atoms with Crippen molar-refractivity contribution in [1.82, 2.24) is 0 Å². The zero-order chi connectivity index (χ0) is 17.8. The Labute approximate surface area is 155 Å². The molecule has 0 aromatic carbocycles. The van der Waals surface area contributed by atoms with Crippen LogP contribution in [-0.4, -0.2) is 31.5 Å². The Morgan fingerprint density at radius 3 is 2.40 bits per heavy atom. The minimum Gasteiger partial charge on any atom is -0.502 e. The molecular weight excluding hydrogens is 312 g/mol. The Balaban J connectivity index is 1.94. The van der Waals surface area contributed by atoms with Gasteiger partial charge in [-0.25, -0.2) is 0 Å². The minimum absolute atomic E-state index is 0.0777. The molecule has 25 heavy (non-hydrogen) atoms. The molecule has 2 rings (SSSR count). The summed E-state index contributed by atoms with van der Waals surface area (Å²) in [6, 6.07) is 0. The minimum atomic E-state index is 0.0777. The van der Waals surface area contributed by atoms with E-state index in [4.69, 9.17) is 14.2 Å². The van der Waals surface area contributed by atoms with E-state index in [2.05, 4.69) is 13.5 Å². The van der Waals surface area contributed by atoms with Gasteiger partial charge >= 0.3 is 0 Å². The van der Waals surface area contributed by atoms with Crippen molar-refractivity contribution in [3.8, 4) is 0 Å². The third kappa shape index (κ3) is 7.70. The van der Waals surface area contributed by atoms with Crippen molar-refractivity contribution in [2.75, 3.05) is 19.8 Å². The first-order chi connectivity index (χ1) is 12.3. The molecule has 3 nitrogen and oxygen atoms in total. The topological polar surface area (TPSA) is 31.0 Å². The lowest BCUT2D eigenvalue weighted by Crippen LogP contribution is -2.43. The summed E-state index contributed by atoms with van der Waals surface area (Å²) in [6.07, 6.45) is 18.8. The second kappa shape index (κ2) is 12.0. The lowest BCUT2D eigenvalue weighted by atomic mass is 9.72. The molecule has 1 saturated carbocycles. The van der Waals surface area contributed by atoms with Gasteiger partial charge in [-0.3, -0.25) is 0 Å². The second-order valence-corrected chi connectivity index (χ2v) is 7.97. The van der Waals surface area contributed by atoms with Crippen LogP contribution >= 0.6 is 0 Å². The van der Waals surface area contributed by atoms with Gasteiger partial charge < -0.3 is 14.2 Å². The van der Waals surface area contributed by atoms with E-state index in [1.165, 1.54) is 77.0 Å². The molecule has 1 aliphatic carbocycles. The fraction of sp³-hybridized carbons (Fsp3) is 0.909. The summed E-state index contributed by atoms with van der Waals surface area (Å²) in [4.78, 5) is 0. The van der Waals surface area contributed by atoms with Gasteiger partial charge in [-0.05, 0) is 44.4 Å². The van der Waals surface area contributed by atoms with Gasteiger partial charge in [0, 0.05) is 0 Å². The van der Waals surface area contributed by atoms with Crippen molar-refractivity contribution in [3.05, 3.63) is 12.8 Å². The first kappa shape index (κ1) is 20.8. The molecule has 1 aliphatic heterocycles. The number of unbranched alkanes of at least 4 members (excludes halogenated alkanes) is 4. The smallest absolute Gasteiger partial charge is 0.104 e. The molecule has 146 valence electrons. The molecule has 1 heterocycles. The zero-order valence-electron chi connectivity index (χ0n) is 16.5. The molecule has 2 unspecified atom stereocenters. The Hall–Kier alpha value is -0.540. The first-order valence-corrected chi connectivity index (χ1v) is 10.8. The van der Waals surface area contributed by atoms with Crippen LogP contribution in [0.3, 0.4) is 0 Å². The van der Waals surface area contributed by atoms with E-state index >= 15 is 0 Å². The third-order valence-corrected chi connectivity index (χ3v) is 5.99. The first-order valence-electron chi connectivity index (χ1n) is 10.8. The van der Waals surface area contributed by atoms with Gasteiger partial charge in [-0.15, -0.1) is 0 Å². The second-order valence-electron chi connectivity index (χ2n) is 7.97. The molecule has 1 saturated heterocycles. The number of epoxide rings is 1. The summed E-state index contributed by atoms with van der Waals surface area (Å²) < 4.78 is 17.4. The summed E-state index contributed by atoms with van der Waals surface area (Å²) in [5, 5.41) is 0. The Morgan fingerprint density at radius 1 is 1.04 bits per heavy atom. The molecule has 2 aliphatic rings. The number of ether oxygens (including phenoxy) is 3. The van der Waals surface area contributed by atoms with Gasteiger partial charge in [0.25, 0.3) is 0 Å². The predicted molar refractivity (Wildman–Crippen MR) is 104 cm³/mol. The van der Waals surface area contributed by atoms with Crippen molar-refractivity contribution >= 4 is 0 Å². The van der Waals surface area contributed by atoms with E-state index < -0.39 is 0 Å². The van der Waals surface area contributed by atoms with Crippen LogP contribution in [-0.2, 0) is 14.2 Å². The standard InChI is InChI=1S/C22H40O3/c1-3-5-6-10-15-22(25-19-21-18-24-21,16-11-12-17-23-4-2)20-13-8-7-9-14-20/h4,20-21H,2-3,5-19H2,1H3. The number of hydrogen-bond donors (Lipinski definition) is 0. The molecule has 0 aromatic rings. The van der Waals surface area contributed by atoms with Gasteiger partial charge in [-0.2, -0.15) is 0 Å². The maximum atomic E-state index is 6.69. The van der Waals surface area contributed by atoms with Gasteiger partial charge in [-0.1, -0.05) is 58.4 Å². The summed E-state index contributed by atoms with van der Waals surface area (Å²) in [6.45, 7) is 8.40. The summed E-state index contributed by atoms with van der Waals surface area (Å²) in [5.74, 6) is 0.738. The van der Waals surface area contributed by atoms with Crippen LogP contribution in [0.1, 0.15) is 90.4 Å². The zero-order valence-corrected chi connectivity index (χ0v) is 16.5. The molecule has 0 N–H and O–H groups in total. The average molecular weight is 353 g/mol.